The van der Waals surface area contributed by atoms with Crippen LogP contribution >= 0.6 is 11.8 Å². The fraction of sp³-hybridized carbons (Fsp3) is 0.560. The number of carbonyl (C=O) groups is 3. The van der Waals surface area contributed by atoms with Crippen LogP contribution in [0.3, 0.4) is 0 Å². The van der Waals surface area contributed by atoms with Crippen molar-refractivity contribution in [3.05, 3.63) is 42.0 Å². The molecule has 1 aromatic carbocycles. The number of amides is 2. The standard InChI is InChI=1S/C25H32N2O5S/c1-6-9-26(17-10-13(2)7-8-14(17)3)23(30)21-25-15(4)11-18(33-25)19(24(31)32)20(25)22(29)27(21)16(5)12-28/h6-8,10,15-16,18-21,28H,1,9,11-12H2,2-5H3,(H,31,32)/t15?,16-,18+,19-,20+,21?,25?/m1/s1. The average Bonchev–Trinajstić information content (AvgIpc) is 3.36. The molecule has 8 heteroatoms. The van der Waals surface area contributed by atoms with E-state index in [1.54, 1.807) is 17.9 Å². The van der Waals surface area contributed by atoms with Crippen LogP contribution in [0.5, 0.6) is 0 Å². The van der Waals surface area contributed by atoms with Crippen molar-refractivity contribution < 1.29 is 24.6 Å². The van der Waals surface area contributed by atoms with Crippen molar-refractivity contribution in [3.63, 3.8) is 0 Å². The number of anilines is 1. The zero-order chi connectivity index (χ0) is 24.2. The van der Waals surface area contributed by atoms with Crippen LogP contribution in [0.1, 0.15) is 31.4 Å². The van der Waals surface area contributed by atoms with E-state index >= 15 is 0 Å². The molecule has 3 aliphatic heterocycles. The van der Waals surface area contributed by atoms with Gasteiger partial charge < -0.3 is 20.0 Å². The lowest BCUT2D eigenvalue weighted by Gasteiger charge is -2.41. The van der Waals surface area contributed by atoms with E-state index in [2.05, 4.69) is 6.58 Å². The SMILES string of the molecule is C=CCN(C(=O)C1N([C@H](C)CO)C(=O)[C@@H]2[C@H](C(=O)O)[C@@H]3CC(C)C12S3)c1cc(C)ccc1C. The number of fused-ring (bicyclic) bond motifs is 1. The number of thioether (sulfide) groups is 1. The number of carboxylic acid groups (broad SMARTS) is 1. The van der Waals surface area contributed by atoms with Crippen LogP contribution in [0.15, 0.2) is 30.9 Å². The molecule has 4 rings (SSSR count). The number of hydrogen-bond acceptors (Lipinski definition) is 5. The first-order valence-electron chi connectivity index (χ1n) is 11.4. The third kappa shape index (κ3) is 3.33. The third-order valence-corrected chi connectivity index (χ3v) is 9.75. The van der Waals surface area contributed by atoms with E-state index in [1.165, 1.54) is 16.7 Å². The number of nitrogens with zero attached hydrogens (tertiary/aromatic N) is 2. The van der Waals surface area contributed by atoms with Crippen LogP contribution in [0.2, 0.25) is 0 Å². The summed E-state index contributed by atoms with van der Waals surface area (Å²) in [5.41, 5.74) is 2.69. The minimum Gasteiger partial charge on any atom is -0.481 e. The summed E-state index contributed by atoms with van der Waals surface area (Å²) in [6.45, 7) is 11.4. The largest absolute Gasteiger partial charge is 0.481 e. The van der Waals surface area contributed by atoms with Gasteiger partial charge in [0, 0.05) is 17.5 Å². The topological polar surface area (TPSA) is 98.2 Å². The van der Waals surface area contributed by atoms with Crippen molar-refractivity contribution in [1.82, 2.24) is 4.90 Å². The molecule has 2 bridgehead atoms. The van der Waals surface area contributed by atoms with Gasteiger partial charge in [0.05, 0.1) is 29.2 Å². The maximum atomic E-state index is 14.4. The Bertz CT molecular complexity index is 1010. The Balaban J connectivity index is 1.87. The number of rotatable bonds is 7. The van der Waals surface area contributed by atoms with Gasteiger partial charge in [-0.2, -0.15) is 0 Å². The van der Waals surface area contributed by atoms with Crippen molar-refractivity contribution in [2.75, 3.05) is 18.1 Å². The molecule has 1 aromatic rings. The van der Waals surface area contributed by atoms with Gasteiger partial charge in [-0.05, 0) is 50.3 Å². The normalized spacial score (nSPS) is 33.2. The summed E-state index contributed by atoms with van der Waals surface area (Å²) < 4.78 is -0.831. The second-order valence-electron chi connectivity index (χ2n) is 9.70. The summed E-state index contributed by atoms with van der Waals surface area (Å²) in [6, 6.07) is 4.44. The predicted molar refractivity (Wildman–Crippen MR) is 128 cm³/mol. The van der Waals surface area contributed by atoms with Gasteiger partial charge in [-0.15, -0.1) is 18.3 Å². The first-order valence-corrected chi connectivity index (χ1v) is 12.3. The molecule has 3 heterocycles. The lowest BCUT2D eigenvalue weighted by molar-refractivity contribution is -0.149. The number of aliphatic carboxylic acids is 1. The van der Waals surface area contributed by atoms with Crippen molar-refractivity contribution in [2.24, 2.45) is 17.8 Å². The monoisotopic (exact) mass is 472 g/mol. The van der Waals surface area contributed by atoms with E-state index in [0.717, 1.165) is 16.8 Å². The second-order valence-corrected chi connectivity index (χ2v) is 11.2. The molecule has 7 nitrogen and oxygen atoms in total. The van der Waals surface area contributed by atoms with Crippen molar-refractivity contribution >= 4 is 35.2 Å². The Morgan fingerprint density at radius 2 is 2.09 bits per heavy atom. The van der Waals surface area contributed by atoms with Crippen LogP contribution in [0.4, 0.5) is 5.69 Å². The maximum absolute atomic E-state index is 14.4. The Labute approximate surface area is 198 Å². The van der Waals surface area contributed by atoms with E-state index in [4.69, 9.17) is 0 Å². The Morgan fingerprint density at radius 1 is 1.39 bits per heavy atom. The van der Waals surface area contributed by atoms with Gasteiger partial charge >= 0.3 is 5.97 Å². The van der Waals surface area contributed by atoms with Gasteiger partial charge in [-0.3, -0.25) is 14.4 Å². The highest BCUT2D eigenvalue weighted by molar-refractivity contribution is 8.02. The quantitative estimate of drug-likeness (QED) is 0.592. The van der Waals surface area contributed by atoms with Gasteiger partial charge in [0.1, 0.15) is 6.04 Å². The first-order chi connectivity index (χ1) is 15.6. The molecule has 178 valence electrons. The number of carboxylic acids is 1. The van der Waals surface area contributed by atoms with Crippen LogP contribution in [0, 0.1) is 31.6 Å². The van der Waals surface area contributed by atoms with Crippen molar-refractivity contribution in [1.29, 1.82) is 0 Å². The Hall–Kier alpha value is -2.32. The highest BCUT2D eigenvalue weighted by Crippen LogP contribution is 2.68. The van der Waals surface area contributed by atoms with Gasteiger partial charge in [-0.25, -0.2) is 0 Å². The van der Waals surface area contributed by atoms with Gasteiger partial charge in [0.25, 0.3) is 5.91 Å². The van der Waals surface area contributed by atoms with E-state index in [-0.39, 0.29) is 36.1 Å². The van der Waals surface area contributed by atoms with Crippen LogP contribution < -0.4 is 4.90 Å². The third-order valence-electron chi connectivity index (χ3n) is 7.67. The van der Waals surface area contributed by atoms with Gasteiger partial charge in [0.15, 0.2) is 0 Å². The summed E-state index contributed by atoms with van der Waals surface area (Å²) in [7, 11) is 0. The highest BCUT2D eigenvalue weighted by atomic mass is 32.2. The molecule has 3 fully saturated rings. The van der Waals surface area contributed by atoms with E-state index in [1.807, 2.05) is 39.0 Å². The molecule has 0 radical (unpaired) electrons. The summed E-state index contributed by atoms with van der Waals surface area (Å²) in [4.78, 5) is 43.4. The number of likely N-dealkylation sites (tertiary alicyclic amines) is 1. The summed E-state index contributed by atoms with van der Waals surface area (Å²) in [5.74, 6) is -3.17. The number of benzene rings is 1. The van der Waals surface area contributed by atoms with Crippen LogP contribution in [0.25, 0.3) is 0 Å². The Kier molecular flexibility index (Phi) is 6.12. The molecule has 33 heavy (non-hydrogen) atoms. The van der Waals surface area contributed by atoms with Crippen LogP contribution in [-0.4, -0.2) is 68.1 Å². The van der Waals surface area contributed by atoms with E-state index < -0.39 is 34.6 Å². The Morgan fingerprint density at radius 3 is 2.70 bits per heavy atom. The summed E-state index contributed by atoms with van der Waals surface area (Å²) in [6.07, 6.45) is 2.32. The van der Waals surface area contributed by atoms with Crippen molar-refractivity contribution in [2.45, 2.75) is 56.2 Å². The lowest BCUT2D eigenvalue weighted by atomic mass is 9.66. The van der Waals surface area contributed by atoms with Crippen molar-refractivity contribution in [3.8, 4) is 0 Å². The molecule has 1 spiro atoms. The second kappa shape index (κ2) is 8.47. The van der Waals surface area contributed by atoms with E-state index in [9.17, 15) is 24.6 Å². The molecule has 0 aromatic heterocycles. The smallest absolute Gasteiger partial charge is 0.308 e. The molecular weight excluding hydrogens is 440 g/mol. The number of aryl methyl sites for hydroxylation is 2. The molecule has 0 aliphatic carbocycles. The molecule has 3 aliphatic rings. The molecule has 3 saturated heterocycles. The highest BCUT2D eigenvalue weighted by Gasteiger charge is 2.76. The summed E-state index contributed by atoms with van der Waals surface area (Å²) >= 11 is 1.51. The zero-order valence-electron chi connectivity index (χ0n) is 19.5. The fourth-order valence-corrected chi connectivity index (χ4v) is 8.57. The molecule has 7 atom stereocenters. The van der Waals surface area contributed by atoms with E-state index in [0.29, 0.717) is 6.42 Å². The number of hydrogen-bond donors (Lipinski definition) is 2. The maximum Gasteiger partial charge on any atom is 0.308 e. The molecule has 2 N–H and O–H groups in total. The number of aliphatic hydroxyl groups is 1. The lowest BCUT2D eigenvalue weighted by Crippen LogP contribution is -2.59. The minimum absolute atomic E-state index is 0.00826. The number of aliphatic hydroxyl groups excluding tert-OH is 1. The molecular formula is C25H32N2O5S. The first kappa shape index (κ1) is 23.8. The predicted octanol–water partition coefficient (Wildman–Crippen LogP) is 2.63. The average molecular weight is 473 g/mol. The number of carbonyl (C=O) groups excluding carboxylic acids is 2. The van der Waals surface area contributed by atoms with Gasteiger partial charge in [-0.1, -0.05) is 25.1 Å². The van der Waals surface area contributed by atoms with Gasteiger partial charge in [0.2, 0.25) is 5.91 Å². The zero-order valence-corrected chi connectivity index (χ0v) is 20.3. The molecule has 3 unspecified atom stereocenters. The molecule has 2 amide bonds. The fourth-order valence-electron chi connectivity index (χ4n) is 6.18. The summed E-state index contributed by atoms with van der Waals surface area (Å²) in [5, 5.41) is 19.8. The van der Waals surface area contributed by atoms with Crippen LogP contribution in [-0.2, 0) is 14.4 Å². The minimum atomic E-state index is -0.984. The molecule has 0 saturated carbocycles.